The minimum Gasteiger partial charge on any atom is -0.462 e. The monoisotopic (exact) mass is 355 g/mol. The highest BCUT2D eigenvalue weighted by Gasteiger charge is 2.33. The Hall–Kier alpha value is -2.89. The van der Waals surface area contributed by atoms with Crippen molar-refractivity contribution in [2.45, 2.75) is 45.8 Å². The van der Waals surface area contributed by atoms with E-state index in [4.69, 9.17) is 9.47 Å². The number of hydrogen-bond donors (Lipinski definition) is 0. The summed E-state index contributed by atoms with van der Waals surface area (Å²) >= 11 is 0. The van der Waals surface area contributed by atoms with Crippen LogP contribution in [-0.4, -0.2) is 28.4 Å². The molecule has 0 N–H and O–H groups in total. The molecule has 0 unspecified atom stereocenters. The maximum Gasteiger partial charge on any atom is 0.315 e. The van der Waals surface area contributed by atoms with Crippen molar-refractivity contribution in [2.24, 2.45) is 0 Å². The van der Waals surface area contributed by atoms with Crippen molar-refractivity contribution in [2.75, 3.05) is 0 Å². The molecule has 2 heterocycles. The summed E-state index contributed by atoms with van der Waals surface area (Å²) in [6.45, 7) is 5.57. The van der Waals surface area contributed by atoms with Crippen LogP contribution in [0.3, 0.4) is 0 Å². The highest BCUT2D eigenvalue weighted by molar-refractivity contribution is 6.08. The highest BCUT2D eigenvalue weighted by Crippen LogP contribution is 2.32. The van der Waals surface area contributed by atoms with Crippen LogP contribution in [-0.2, 0) is 20.9 Å². The van der Waals surface area contributed by atoms with E-state index in [9.17, 15) is 14.4 Å². The zero-order valence-corrected chi connectivity index (χ0v) is 15.0. The Bertz CT molecular complexity index is 848. The average molecular weight is 355 g/mol. The summed E-state index contributed by atoms with van der Waals surface area (Å²) in [5, 5.41) is 0. The second kappa shape index (κ2) is 7.15. The predicted molar refractivity (Wildman–Crippen MR) is 94.2 cm³/mol. The second-order valence-corrected chi connectivity index (χ2v) is 6.57. The molecule has 1 aliphatic rings. The van der Waals surface area contributed by atoms with Crippen LogP contribution in [0.15, 0.2) is 36.4 Å². The van der Waals surface area contributed by atoms with Gasteiger partial charge in [-0.15, -0.1) is 0 Å². The van der Waals surface area contributed by atoms with Crippen LogP contribution in [0.2, 0.25) is 0 Å². The summed E-state index contributed by atoms with van der Waals surface area (Å²) < 4.78 is 12.2. The van der Waals surface area contributed by atoms with Gasteiger partial charge < -0.3 is 14.0 Å². The van der Waals surface area contributed by atoms with Gasteiger partial charge in [0, 0.05) is 24.7 Å². The van der Waals surface area contributed by atoms with E-state index in [0.717, 1.165) is 5.69 Å². The third kappa shape index (κ3) is 3.54. The number of aromatic nitrogens is 1. The molecule has 1 aliphatic heterocycles. The second-order valence-electron chi connectivity index (χ2n) is 6.57. The van der Waals surface area contributed by atoms with Gasteiger partial charge in [-0.2, -0.15) is 0 Å². The summed E-state index contributed by atoms with van der Waals surface area (Å²) in [6, 6.07) is 9.99. The van der Waals surface area contributed by atoms with Crippen LogP contribution in [0.4, 0.5) is 0 Å². The maximum atomic E-state index is 12.8. The Morgan fingerprint density at radius 3 is 2.38 bits per heavy atom. The number of rotatable bonds is 5. The molecule has 2 aromatic rings. The van der Waals surface area contributed by atoms with Crippen LogP contribution in [0.5, 0.6) is 5.75 Å². The zero-order chi connectivity index (χ0) is 18.8. The number of nitrogens with zero attached hydrogens (tertiary/aromatic N) is 1. The third-order valence-electron chi connectivity index (χ3n) is 4.26. The Kier molecular flexibility index (Phi) is 4.93. The number of ether oxygens (including phenoxy) is 2. The first-order valence-corrected chi connectivity index (χ1v) is 8.60. The first-order chi connectivity index (χ1) is 12.4. The summed E-state index contributed by atoms with van der Waals surface area (Å²) in [4.78, 5) is 36.0. The van der Waals surface area contributed by atoms with Crippen molar-refractivity contribution in [3.8, 4) is 5.75 Å². The smallest absolute Gasteiger partial charge is 0.315 e. The zero-order valence-electron chi connectivity index (χ0n) is 15.0. The van der Waals surface area contributed by atoms with E-state index in [-0.39, 0.29) is 23.8 Å². The van der Waals surface area contributed by atoms with Crippen LogP contribution < -0.4 is 4.74 Å². The number of benzene rings is 1. The van der Waals surface area contributed by atoms with E-state index in [1.54, 1.807) is 30.3 Å². The number of fused-ring (bicyclic) bond motifs is 1. The quantitative estimate of drug-likeness (QED) is 0.468. The molecule has 0 bridgehead atoms. The number of carbonyl (C=O) groups is 3. The standard InChI is InChI=1S/C20H21NO5/c1-12(2)25-20(24)16-10-11-21-17(16)8-9-18(21)19(23)14-4-6-15(7-5-14)26-13(3)22/h4-9,12,16H,10-11H2,1-3H3/t16-/m1/s1. The van der Waals surface area contributed by atoms with E-state index in [0.29, 0.717) is 30.0 Å². The van der Waals surface area contributed by atoms with Gasteiger partial charge in [-0.25, -0.2) is 0 Å². The van der Waals surface area contributed by atoms with E-state index in [2.05, 4.69) is 0 Å². The van der Waals surface area contributed by atoms with Crippen LogP contribution >= 0.6 is 0 Å². The van der Waals surface area contributed by atoms with Gasteiger partial charge in [0.05, 0.1) is 17.7 Å². The van der Waals surface area contributed by atoms with Crippen molar-refractivity contribution >= 4 is 17.7 Å². The van der Waals surface area contributed by atoms with E-state index >= 15 is 0 Å². The molecule has 6 heteroatoms. The van der Waals surface area contributed by atoms with Crippen molar-refractivity contribution in [3.05, 3.63) is 53.3 Å². The van der Waals surface area contributed by atoms with Crippen molar-refractivity contribution in [1.82, 2.24) is 4.57 Å². The summed E-state index contributed by atoms with van der Waals surface area (Å²) in [7, 11) is 0. The molecule has 0 spiro atoms. The fourth-order valence-corrected chi connectivity index (χ4v) is 3.18. The lowest BCUT2D eigenvalue weighted by atomic mass is 10.1. The minimum absolute atomic E-state index is 0.136. The van der Waals surface area contributed by atoms with Gasteiger partial charge in [0.2, 0.25) is 5.78 Å². The number of hydrogen-bond acceptors (Lipinski definition) is 5. The molecule has 0 amide bonds. The topological polar surface area (TPSA) is 74.6 Å². The molecule has 0 saturated carbocycles. The molecule has 0 saturated heterocycles. The maximum absolute atomic E-state index is 12.8. The Morgan fingerprint density at radius 1 is 1.08 bits per heavy atom. The summed E-state index contributed by atoms with van der Waals surface area (Å²) in [5.41, 5.74) is 1.85. The molecule has 26 heavy (non-hydrogen) atoms. The lowest BCUT2D eigenvalue weighted by Gasteiger charge is -2.12. The number of carbonyl (C=O) groups excluding carboxylic acids is 3. The van der Waals surface area contributed by atoms with Gasteiger partial charge in [0.15, 0.2) is 0 Å². The molecule has 1 aromatic heterocycles. The van der Waals surface area contributed by atoms with Crippen molar-refractivity contribution in [3.63, 3.8) is 0 Å². The SMILES string of the molecule is CC(=O)Oc1ccc(C(=O)c2ccc3n2CC[C@H]3C(=O)OC(C)C)cc1. The average Bonchev–Trinajstić information content (AvgIpc) is 3.15. The Labute approximate surface area is 151 Å². The molecule has 0 fully saturated rings. The minimum atomic E-state index is -0.409. The van der Waals surface area contributed by atoms with E-state index < -0.39 is 5.97 Å². The molecule has 1 aromatic carbocycles. The highest BCUT2D eigenvalue weighted by atomic mass is 16.5. The number of ketones is 1. The van der Waals surface area contributed by atoms with Crippen LogP contribution in [0.25, 0.3) is 0 Å². The summed E-state index contributed by atoms with van der Waals surface area (Å²) in [5.74, 6) is -0.728. The molecular formula is C20H21NO5. The van der Waals surface area contributed by atoms with Crippen molar-refractivity contribution in [1.29, 1.82) is 0 Å². The van der Waals surface area contributed by atoms with E-state index in [1.807, 2.05) is 24.5 Å². The van der Waals surface area contributed by atoms with Gasteiger partial charge in [-0.3, -0.25) is 14.4 Å². The molecule has 6 nitrogen and oxygen atoms in total. The lowest BCUT2D eigenvalue weighted by molar-refractivity contribution is -0.149. The summed E-state index contributed by atoms with van der Waals surface area (Å²) in [6.07, 6.45) is 0.469. The molecule has 0 aliphatic carbocycles. The fourth-order valence-electron chi connectivity index (χ4n) is 3.18. The Balaban J connectivity index is 1.80. The molecule has 136 valence electrons. The van der Waals surface area contributed by atoms with Gasteiger partial charge in [0.25, 0.3) is 0 Å². The molecule has 3 rings (SSSR count). The van der Waals surface area contributed by atoms with Gasteiger partial charge in [-0.1, -0.05) is 0 Å². The third-order valence-corrected chi connectivity index (χ3v) is 4.26. The van der Waals surface area contributed by atoms with Gasteiger partial charge >= 0.3 is 11.9 Å². The largest absolute Gasteiger partial charge is 0.462 e. The lowest BCUT2D eigenvalue weighted by Crippen LogP contribution is -2.18. The van der Waals surface area contributed by atoms with Crippen molar-refractivity contribution < 1.29 is 23.9 Å². The fraction of sp³-hybridized carbons (Fsp3) is 0.350. The molecule has 1 atom stereocenters. The normalized spacial score (nSPS) is 15.6. The first kappa shape index (κ1) is 17.9. The predicted octanol–water partition coefficient (Wildman–Crippen LogP) is 3.08. The van der Waals surface area contributed by atoms with Crippen LogP contribution in [0.1, 0.15) is 54.9 Å². The Morgan fingerprint density at radius 2 is 1.77 bits per heavy atom. The molecular weight excluding hydrogens is 334 g/mol. The van der Waals surface area contributed by atoms with Gasteiger partial charge in [-0.05, 0) is 56.7 Å². The van der Waals surface area contributed by atoms with Crippen LogP contribution in [0, 0.1) is 0 Å². The molecule has 0 radical (unpaired) electrons. The first-order valence-electron chi connectivity index (χ1n) is 8.60. The van der Waals surface area contributed by atoms with E-state index in [1.165, 1.54) is 6.92 Å². The van der Waals surface area contributed by atoms with Gasteiger partial charge in [0.1, 0.15) is 5.75 Å². The number of esters is 2.